The molecular weight excluding hydrogens is 235 g/mol. The number of carbonyl (C=O) groups is 1. The number of ether oxygens (including phenoxy) is 1. The summed E-state index contributed by atoms with van der Waals surface area (Å²) in [5.41, 5.74) is -1.90. The average Bonchev–Trinajstić information content (AvgIpc) is 2.28. The molecule has 3 nitrogen and oxygen atoms in total. The van der Waals surface area contributed by atoms with Crippen molar-refractivity contribution in [3.8, 4) is 6.07 Å². The molecule has 0 heterocycles. The average molecular weight is 243 g/mol. The molecule has 0 aliphatic carbocycles. The van der Waals surface area contributed by atoms with Gasteiger partial charge in [0, 0.05) is 5.56 Å². The van der Waals surface area contributed by atoms with E-state index in [1.807, 2.05) is 0 Å². The highest BCUT2D eigenvalue weighted by Crippen LogP contribution is 2.26. The molecule has 1 aromatic rings. The van der Waals surface area contributed by atoms with E-state index in [1.165, 1.54) is 13.0 Å². The Balaban J connectivity index is 3.30. The van der Waals surface area contributed by atoms with Crippen LogP contribution in [0.5, 0.6) is 0 Å². The van der Waals surface area contributed by atoms with Crippen molar-refractivity contribution in [1.29, 1.82) is 5.26 Å². The molecule has 17 heavy (non-hydrogen) atoms. The standard InChI is InChI=1S/C11H8F3NO2/c1-2-17-11(16)6-3-7(10(13)14)8(5-15)9(12)4-6/h3-4,10H,2H2,1H3. The Morgan fingerprint density at radius 1 is 1.53 bits per heavy atom. The number of rotatable bonds is 3. The number of benzene rings is 1. The fraction of sp³-hybridized carbons (Fsp3) is 0.273. The van der Waals surface area contributed by atoms with E-state index in [0.29, 0.717) is 6.07 Å². The topological polar surface area (TPSA) is 50.1 Å². The molecule has 0 atom stereocenters. The van der Waals surface area contributed by atoms with Gasteiger partial charge in [0.1, 0.15) is 11.9 Å². The lowest BCUT2D eigenvalue weighted by Gasteiger charge is -2.07. The van der Waals surface area contributed by atoms with Crippen molar-refractivity contribution in [3.63, 3.8) is 0 Å². The predicted octanol–water partition coefficient (Wildman–Crippen LogP) is 2.81. The lowest BCUT2D eigenvalue weighted by Crippen LogP contribution is -2.07. The van der Waals surface area contributed by atoms with Crippen molar-refractivity contribution in [1.82, 2.24) is 0 Å². The number of esters is 1. The molecule has 0 spiro atoms. The van der Waals surface area contributed by atoms with Gasteiger partial charge in [-0.05, 0) is 19.1 Å². The van der Waals surface area contributed by atoms with Gasteiger partial charge in [-0.25, -0.2) is 18.0 Å². The van der Waals surface area contributed by atoms with Crippen LogP contribution in [0, 0.1) is 17.1 Å². The van der Waals surface area contributed by atoms with Gasteiger partial charge in [0.05, 0.1) is 17.7 Å². The summed E-state index contributed by atoms with van der Waals surface area (Å²) in [4.78, 5) is 11.3. The highest BCUT2D eigenvalue weighted by Gasteiger charge is 2.21. The van der Waals surface area contributed by atoms with Gasteiger partial charge < -0.3 is 4.74 Å². The second-order valence-corrected chi connectivity index (χ2v) is 3.06. The smallest absolute Gasteiger partial charge is 0.338 e. The summed E-state index contributed by atoms with van der Waals surface area (Å²) in [5.74, 6) is -2.06. The largest absolute Gasteiger partial charge is 0.462 e. The molecular formula is C11H8F3NO2. The van der Waals surface area contributed by atoms with Gasteiger partial charge in [-0.3, -0.25) is 0 Å². The van der Waals surface area contributed by atoms with E-state index in [0.717, 1.165) is 6.07 Å². The maximum atomic E-state index is 13.3. The molecule has 0 saturated heterocycles. The number of carbonyl (C=O) groups excluding carboxylic acids is 1. The Morgan fingerprint density at radius 2 is 2.18 bits per heavy atom. The number of hydrogen-bond acceptors (Lipinski definition) is 3. The molecule has 0 fully saturated rings. The zero-order valence-corrected chi connectivity index (χ0v) is 8.84. The summed E-state index contributed by atoms with van der Waals surface area (Å²) < 4.78 is 43.0. The zero-order chi connectivity index (χ0) is 13.0. The van der Waals surface area contributed by atoms with E-state index in [2.05, 4.69) is 4.74 Å². The second-order valence-electron chi connectivity index (χ2n) is 3.06. The van der Waals surface area contributed by atoms with Crippen LogP contribution in [0.3, 0.4) is 0 Å². The fourth-order valence-corrected chi connectivity index (χ4v) is 1.25. The van der Waals surface area contributed by atoms with E-state index < -0.39 is 29.3 Å². The lowest BCUT2D eigenvalue weighted by atomic mass is 10.0. The van der Waals surface area contributed by atoms with Crippen molar-refractivity contribution < 1.29 is 22.7 Å². The minimum atomic E-state index is -3.03. The quantitative estimate of drug-likeness (QED) is 0.767. The molecule has 0 unspecified atom stereocenters. The Bertz CT molecular complexity index is 480. The van der Waals surface area contributed by atoms with Crippen molar-refractivity contribution in [3.05, 3.63) is 34.6 Å². The molecule has 0 saturated carbocycles. The summed E-state index contributed by atoms with van der Waals surface area (Å²) >= 11 is 0. The summed E-state index contributed by atoms with van der Waals surface area (Å²) in [6, 6.07) is 2.82. The first-order valence-electron chi connectivity index (χ1n) is 4.70. The Kier molecular flexibility index (Phi) is 4.10. The van der Waals surface area contributed by atoms with E-state index >= 15 is 0 Å². The Morgan fingerprint density at radius 3 is 2.65 bits per heavy atom. The minimum Gasteiger partial charge on any atom is -0.462 e. The maximum Gasteiger partial charge on any atom is 0.338 e. The molecule has 0 radical (unpaired) electrons. The van der Waals surface area contributed by atoms with Crippen LogP contribution in [-0.4, -0.2) is 12.6 Å². The Labute approximate surface area is 95.4 Å². The van der Waals surface area contributed by atoms with Gasteiger partial charge in [-0.1, -0.05) is 0 Å². The number of hydrogen-bond donors (Lipinski definition) is 0. The van der Waals surface area contributed by atoms with E-state index in [9.17, 15) is 18.0 Å². The van der Waals surface area contributed by atoms with Crippen molar-refractivity contribution in [2.75, 3.05) is 6.61 Å². The van der Waals surface area contributed by atoms with Crippen LogP contribution in [-0.2, 0) is 4.74 Å². The third kappa shape index (κ3) is 2.75. The van der Waals surface area contributed by atoms with Gasteiger partial charge in [0.2, 0.25) is 0 Å². The van der Waals surface area contributed by atoms with Crippen LogP contribution in [0.15, 0.2) is 12.1 Å². The molecule has 0 aliphatic heterocycles. The van der Waals surface area contributed by atoms with Crippen LogP contribution in [0.25, 0.3) is 0 Å². The first-order valence-corrected chi connectivity index (χ1v) is 4.70. The van der Waals surface area contributed by atoms with E-state index in [1.54, 1.807) is 0 Å². The molecule has 90 valence electrons. The number of nitriles is 1. The monoisotopic (exact) mass is 243 g/mol. The van der Waals surface area contributed by atoms with Crippen LogP contribution >= 0.6 is 0 Å². The highest BCUT2D eigenvalue weighted by molar-refractivity contribution is 5.90. The molecule has 1 aromatic carbocycles. The van der Waals surface area contributed by atoms with E-state index in [-0.39, 0.29) is 12.2 Å². The summed E-state index contributed by atoms with van der Waals surface area (Å²) in [6.45, 7) is 1.58. The number of alkyl halides is 2. The summed E-state index contributed by atoms with van der Waals surface area (Å²) in [7, 11) is 0. The van der Waals surface area contributed by atoms with Crippen LogP contribution in [0.2, 0.25) is 0 Å². The maximum absolute atomic E-state index is 13.3. The first kappa shape index (κ1) is 13.0. The van der Waals surface area contributed by atoms with Crippen LogP contribution in [0.1, 0.15) is 34.8 Å². The van der Waals surface area contributed by atoms with Crippen molar-refractivity contribution in [2.24, 2.45) is 0 Å². The molecule has 6 heteroatoms. The fourth-order valence-electron chi connectivity index (χ4n) is 1.25. The number of halogens is 3. The van der Waals surface area contributed by atoms with Gasteiger partial charge in [-0.15, -0.1) is 0 Å². The van der Waals surface area contributed by atoms with Crippen LogP contribution < -0.4 is 0 Å². The molecule has 0 aromatic heterocycles. The SMILES string of the molecule is CCOC(=O)c1cc(F)c(C#N)c(C(F)F)c1. The molecule has 1 rings (SSSR count). The van der Waals surface area contributed by atoms with Gasteiger partial charge >= 0.3 is 5.97 Å². The normalized spacial score (nSPS) is 10.1. The summed E-state index contributed by atoms with van der Waals surface area (Å²) in [5, 5.41) is 8.54. The highest BCUT2D eigenvalue weighted by atomic mass is 19.3. The van der Waals surface area contributed by atoms with Crippen molar-refractivity contribution in [2.45, 2.75) is 13.3 Å². The molecule has 0 N–H and O–H groups in total. The second kappa shape index (κ2) is 5.34. The lowest BCUT2D eigenvalue weighted by molar-refractivity contribution is 0.0525. The summed E-state index contributed by atoms with van der Waals surface area (Å²) in [6.07, 6.45) is -3.03. The third-order valence-electron chi connectivity index (χ3n) is 1.98. The molecule has 0 amide bonds. The van der Waals surface area contributed by atoms with E-state index in [4.69, 9.17) is 5.26 Å². The molecule has 0 aliphatic rings. The van der Waals surface area contributed by atoms with Gasteiger partial charge in [0.15, 0.2) is 0 Å². The van der Waals surface area contributed by atoms with Gasteiger partial charge in [-0.2, -0.15) is 5.26 Å². The molecule has 0 bridgehead atoms. The minimum absolute atomic E-state index is 0.0461. The third-order valence-corrected chi connectivity index (χ3v) is 1.98. The van der Waals surface area contributed by atoms with Gasteiger partial charge in [0.25, 0.3) is 6.43 Å². The Hall–Kier alpha value is -2.03. The predicted molar refractivity (Wildman–Crippen MR) is 52.0 cm³/mol. The first-order chi connectivity index (χ1) is 8.01. The van der Waals surface area contributed by atoms with Crippen molar-refractivity contribution >= 4 is 5.97 Å². The number of nitrogens with zero attached hydrogens (tertiary/aromatic N) is 1. The van der Waals surface area contributed by atoms with Crippen LogP contribution in [0.4, 0.5) is 13.2 Å². The zero-order valence-electron chi connectivity index (χ0n) is 8.84.